The van der Waals surface area contributed by atoms with Gasteiger partial charge in [-0.2, -0.15) is 0 Å². The summed E-state index contributed by atoms with van der Waals surface area (Å²) in [4.78, 5) is 35.7. The van der Waals surface area contributed by atoms with Crippen LogP contribution < -0.4 is 16.4 Å². The van der Waals surface area contributed by atoms with Crippen LogP contribution in [0.4, 0.5) is 11.4 Å². The molecule has 0 radical (unpaired) electrons. The molecule has 0 atom stereocenters. The molecule has 0 saturated heterocycles. The van der Waals surface area contributed by atoms with E-state index in [2.05, 4.69) is 20.3 Å². The van der Waals surface area contributed by atoms with Gasteiger partial charge in [0.15, 0.2) is 5.82 Å². The third-order valence-corrected chi connectivity index (χ3v) is 4.08. The van der Waals surface area contributed by atoms with E-state index in [1.807, 2.05) is 11.4 Å². The maximum atomic E-state index is 12.2. The Labute approximate surface area is 146 Å². The molecule has 2 amide bonds. The summed E-state index contributed by atoms with van der Waals surface area (Å²) in [5.74, 6) is -0.948. The number of nitrogens with zero attached hydrogens (tertiary/aromatic N) is 2. The Morgan fingerprint density at radius 3 is 2.44 bits per heavy atom. The Balaban J connectivity index is 1.70. The predicted octanol–water partition coefficient (Wildman–Crippen LogP) is 2.16. The van der Waals surface area contributed by atoms with Crippen LogP contribution in [0.1, 0.15) is 6.92 Å². The maximum absolute atomic E-state index is 12.2. The molecule has 3 rings (SSSR count). The van der Waals surface area contributed by atoms with Gasteiger partial charge in [-0.15, -0.1) is 11.3 Å². The van der Waals surface area contributed by atoms with E-state index in [0.29, 0.717) is 17.2 Å². The first-order valence-corrected chi connectivity index (χ1v) is 8.19. The Morgan fingerprint density at radius 2 is 1.84 bits per heavy atom. The molecule has 2 aromatic heterocycles. The van der Waals surface area contributed by atoms with Gasteiger partial charge in [-0.1, -0.05) is 11.2 Å². The number of aromatic nitrogens is 2. The zero-order chi connectivity index (χ0) is 17.8. The third kappa shape index (κ3) is 4.01. The zero-order valence-corrected chi connectivity index (χ0v) is 14.0. The van der Waals surface area contributed by atoms with E-state index in [9.17, 15) is 14.4 Å². The van der Waals surface area contributed by atoms with Crippen LogP contribution in [0.25, 0.3) is 10.7 Å². The van der Waals surface area contributed by atoms with Gasteiger partial charge in [0, 0.05) is 18.3 Å². The number of carbonyl (C=O) groups is 2. The standard InChI is InChI=1S/C16H14N4O4S/c1-10(21)17-11-4-6-12(7-5-11)18-14(22)9-20-15(19-24-16(20)23)13-3-2-8-25-13/h2-8H,9H2,1H3,(H,17,21)(H,18,22). The van der Waals surface area contributed by atoms with Crippen LogP contribution in [0.2, 0.25) is 0 Å². The van der Waals surface area contributed by atoms with Gasteiger partial charge < -0.3 is 10.6 Å². The van der Waals surface area contributed by atoms with Crippen molar-refractivity contribution in [2.45, 2.75) is 13.5 Å². The molecular formula is C16H14N4O4S. The number of thiophene rings is 1. The molecule has 0 aliphatic rings. The monoisotopic (exact) mass is 358 g/mol. The quantitative estimate of drug-likeness (QED) is 0.727. The second-order valence-electron chi connectivity index (χ2n) is 5.14. The normalized spacial score (nSPS) is 10.4. The summed E-state index contributed by atoms with van der Waals surface area (Å²) < 4.78 is 5.84. The summed E-state index contributed by atoms with van der Waals surface area (Å²) in [6, 6.07) is 10.2. The van der Waals surface area contributed by atoms with Crippen molar-refractivity contribution in [1.82, 2.24) is 9.72 Å². The fraction of sp³-hybridized carbons (Fsp3) is 0.125. The lowest BCUT2D eigenvalue weighted by atomic mass is 10.2. The van der Waals surface area contributed by atoms with Gasteiger partial charge in [0.25, 0.3) is 0 Å². The van der Waals surface area contributed by atoms with Crippen molar-refractivity contribution >= 4 is 34.5 Å². The second-order valence-corrected chi connectivity index (χ2v) is 6.09. The highest BCUT2D eigenvalue weighted by atomic mass is 32.1. The lowest BCUT2D eigenvalue weighted by Crippen LogP contribution is -2.25. The van der Waals surface area contributed by atoms with Gasteiger partial charge in [-0.3, -0.25) is 14.1 Å². The molecule has 0 bridgehead atoms. The van der Waals surface area contributed by atoms with E-state index in [-0.39, 0.29) is 12.5 Å². The molecule has 0 spiro atoms. The van der Waals surface area contributed by atoms with Crippen molar-refractivity contribution in [3.63, 3.8) is 0 Å². The van der Waals surface area contributed by atoms with Crippen LogP contribution in [0.3, 0.4) is 0 Å². The number of amides is 2. The number of hydrogen-bond acceptors (Lipinski definition) is 6. The summed E-state index contributed by atoms with van der Waals surface area (Å²) in [7, 11) is 0. The Kier molecular flexibility index (Phi) is 4.75. The molecule has 25 heavy (non-hydrogen) atoms. The SMILES string of the molecule is CC(=O)Nc1ccc(NC(=O)Cn2c(-c3cccs3)noc2=O)cc1. The van der Waals surface area contributed by atoms with Gasteiger partial charge in [-0.25, -0.2) is 9.36 Å². The summed E-state index contributed by atoms with van der Waals surface area (Å²) >= 11 is 1.39. The average Bonchev–Trinajstić information content (AvgIpc) is 3.20. The van der Waals surface area contributed by atoms with Crippen molar-refractivity contribution in [3.8, 4) is 10.7 Å². The molecule has 0 aliphatic heterocycles. The van der Waals surface area contributed by atoms with E-state index in [1.165, 1.54) is 22.8 Å². The second kappa shape index (κ2) is 7.14. The van der Waals surface area contributed by atoms with Crippen molar-refractivity contribution < 1.29 is 14.1 Å². The lowest BCUT2D eigenvalue weighted by Gasteiger charge is -2.07. The van der Waals surface area contributed by atoms with E-state index in [0.717, 1.165) is 4.88 Å². The topological polar surface area (TPSA) is 106 Å². The smallest absolute Gasteiger partial charge is 0.326 e. The summed E-state index contributed by atoms with van der Waals surface area (Å²) in [5.41, 5.74) is 1.17. The average molecular weight is 358 g/mol. The molecule has 8 nitrogen and oxygen atoms in total. The lowest BCUT2D eigenvalue weighted by molar-refractivity contribution is -0.117. The largest absolute Gasteiger partial charge is 0.442 e. The van der Waals surface area contributed by atoms with Crippen LogP contribution in [-0.4, -0.2) is 21.5 Å². The molecule has 1 aromatic carbocycles. The molecule has 128 valence electrons. The molecule has 2 N–H and O–H groups in total. The van der Waals surface area contributed by atoms with E-state index in [4.69, 9.17) is 0 Å². The van der Waals surface area contributed by atoms with Gasteiger partial charge in [-0.05, 0) is 35.7 Å². The fourth-order valence-corrected chi connectivity index (χ4v) is 2.89. The van der Waals surface area contributed by atoms with Crippen LogP contribution >= 0.6 is 11.3 Å². The maximum Gasteiger partial charge on any atom is 0.442 e. The molecule has 9 heteroatoms. The summed E-state index contributed by atoms with van der Waals surface area (Å²) in [6.45, 7) is 1.20. The van der Waals surface area contributed by atoms with Gasteiger partial charge >= 0.3 is 5.76 Å². The Bertz CT molecular complexity index is 941. The molecule has 0 aliphatic carbocycles. The molecular weight excluding hydrogens is 344 g/mol. The van der Waals surface area contributed by atoms with Crippen molar-refractivity contribution in [2.75, 3.05) is 10.6 Å². The highest BCUT2D eigenvalue weighted by Gasteiger charge is 2.16. The van der Waals surface area contributed by atoms with Crippen LogP contribution in [-0.2, 0) is 16.1 Å². The minimum Gasteiger partial charge on any atom is -0.326 e. The van der Waals surface area contributed by atoms with Crippen molar-refractivity contribution in [2.24, 2.45) is 0 Å². The van der Waals surface area contributed by atoms with E-state index < -0.39 is 11.7 Å². The Hall–Kier alpha value is -3.20. The third-order valence-electron chi connectivity index (χ3n) is 3.22. The minimum atomic E-state index is -0.695. The first-order chi connectivity index (χ1) is 12.0. The zero-order valence-electron chi connectivity index (χ0n) is 13.2. The van der Waals surface area contributed by atoms with E-state index >= 15 is 0 Å². The van der Waals surface area contributed by atoms with Crippen molar-refractivity contribution in [1.29, 1.82) is 0 Å². The van der Waals surface area contributed by atoms with Crippen LogP contribution in [0, 0.1) is 0 Å². The Morgan fingerprint density at radius 1 is 1.16 bits per heavy atom. The molecule has 0 saturated carbocycles. The summed E-state index contributed by atoms with van der Waals surface area (Å²) in [5, 5.41) is 10.9. The molecule has 0 fully saturated rings. The van der Waals surface area contributed by atoms with Crippen molar-refractivity contribution in [3.05, 3.63) is 52.3 Å². The fourth-order valence-electron chi connectivity index (χ4n) is 2.17. The number of carbonyl (C=O) groups excluding carboxylic acids is 2. The predicted molar refractivity (Wildman–Crippen MR) is 93.5 cm³/mol. The molecule has 0 unspecified atom stereocenters. The van der Waals surface area contributed by atoms with Crippen LogP contribution in [0.5, 0.6) is 0 Å². The number of hydrogen-bond donors (Lipinski definition) is 2. The number of rotatable bonds is 5. The van der Waals surface area contributed by atoms with E-state index in [1.54, 1.807) is 30.3 Å². The minimum absolute atomic E-state index is 0.176. The highest BCUT2D eigenvalue weighted by molar-refractivity contribution is 7.13. The summed E-state index contributed by atoms with van der Waals surface area (Å²) in [6.07, 6.45) is 0. The number of anilines is 2. The van der Waals surface area contributed by atoms with Crippen LogP contribution in [0.15, 0.2) is 51.1 Å². The number of benzene rings is 1. The van der Waals surface area contributed by atoms with Gasteiger partial charge in [0.2, 0.25) is 11.8 Å². The van der Waals surface area contributed by atoms with Gasteiger partial charge in [0.05, 0.1) is 4.88 Å². The highest BCUT2D eigenvalue weighted by Crippen LogP contribution is 2.21. The first kappa shape index (κ1) is 16.7. The number of nitrogens with one attached hydrogen (secondary N) is 2. The first-order valence-electron chi connectivity index (χ1n) is 7.31. The molecule has 2 heterocycles. The molecule has 3 aromatic rings. The van der Waals surface area contributed by atoms with Gasteiger partial charge in [0.1, 0.15) is 6.54 Å².